The first-order valence-electron chi connectivity index (χ1n) is 10.9. The normalized spacial score (nSPS) is 13.8. The molecule has 5 rings (SSSR count). The van der Waals surface area contributed by atoms with Crippen molar-refractivity contribution in [2.24, 2.45) is 0 Å². The molecule has 0 unspecified atom stereocenters. The number of halogens is 4. The number of fused-ring (bicyclic) bond motifs is 2. The number of hydrogen-bond donors (Lipinski definition) is 1. The number of carbonyl (C=O) groups is 1. The predicted octanol–water partition coefficient (Wildman–Crippen LogP) is 6.52. The molecule has 178 valence electrons. The van der Waals surface area contributed by atoms with Crippen molar-refractivity contribution in [3.05, 3.63) is 68.8 Å². The SMILES string of the molecule is N#Cc1c(NC(=O)c2nn3c(C(F)(F)F)cc(-c4ccccc4)nc3c2Cl)sc2c1CCCCC2. The lowest BCUT2D eigenvalue weighted by Crippen LogP contribution is -2.16. The second-order valence-corrected chi connectivity index (χ2v) is 9.61. The van der Waals surface area contributed by atoms with E-state index in [-0.39, 0.29) is 16.4 Å². The first-order valence-corrected chi connectivity index (χ1v) is 12.0. The fraction of sp³-hybridized carbons (Fsp3) is 0.250. The molecule has 0 spiro atoms. The van der Waals surface area contributed by atoms with Crippen LogP contribution >= 0.6 is 22.9 Å². The second kappa shape index (κ2) is 8.98. The summed E-state index contributed by atoms with van der Waals surface area (Å²) < 4.78 is 42.2. The number of anilines is 1. The molecule has 1 aliphatic rings. The van der Waals surface area contributed by atoms with Crippen LogP contribution in [0.15, 0.2) is 36.4 Å². The first-order chi connectivity index (χ1) is 16.8. The molecule has 1 aliphatic carbocycles. The van der Waals surface area contributed by atoms with Crippen LogP contribution in [0.1, 0.15) is 51.4 Å². The van der Waals surface area contributed by atoms with Gasteiger partial charge in [-0.25, -0.2) is 9.50 Å². The Morgan fingerprint density at radius 3 is 2.63 bits per heavy atom. The van der Waals surface area contributed by atoms with E-state index in [0.717, 1.165) is 48.6 Å². The Labute approximate surface area is 207 Å². The number of amides is 1. The van der Waals surface area contributed by atoms with Crippen molar-refractivity contribution in [1.29, 1.82) is 5.26 Å². The number of nitrogens with one attached hydrogen (secondary N) is 1. The van der Waals surface area contributed by atoms with Gasteiger partial charge in [-0.3, -0.25) is 4.79 Å². The number of hydrogen-bond acceptors (Lipinski definition) is 5. The number of nitriles is 1. The Balaban J connectivity index is 1.58. The van der Waals surface area contributed by atoms with Gasteiger partial charge < -0.3 is 5.32 Å². The summed E-state index contributed by atoms with van der Waals surface area (Å²) in [5, 5.41) is 16.3. The van der Waals surface area contributed by atoms with Gasteiger partial charge in [0.2, 0.25) is 0 Å². The van der Waals surface area contributed by atoms with Crippen LogP contribution in [0.5, 0.6) is 0 Å². The summed E-state index contributed by atoms with van der Waals surface area (Å²) in [6.07, 6.45) is -0.168. The molecular weight excluding hydrogens is 499 g/mol. The highest BCUT2D eigenvalue weighted by Gasteiger charge is 2.37. The van der Waals surface area contributed by atoms with Crippen LogP contribution in [-0.4, -0.2) is 20.5 Å². The zero-order chi connectivity index (χ0) is 24.7. The lowest BCUT2D eigenvalue weighted by molar-refractivity contribution is -0.142. The largest absolute Gasteiger partial charge is 0.433 e. The lowest BCUT2D eigenvalue weighted by atomic mass is 10.1. The molecule has 0 saturated heterocycles. The number of carbonyl (C=O) groups excluding carboxylic acids is 1. The van der Waals surface area contributed by atoms with E-state index in [1.165, 1.54) is 11.3 Å². The van der Waals surface area contributed by atoms with Gasteiger partial charge in [0.15, 0.2) is 17.0 Å². The lowest BCUT2D eigenvalue weighted by Gasteiger charge is -2.11. The molecule has 0 bridgehead atoms. The maximum absolute atomic E-state index is 13.9. The third-order valence-corrected chi connectivity index (χ3v) is 7.42. The van der Waals surface area contributed by atoms with Gasteiger partial charge in [-0.2, -0.15) is 23.5 Å². The van der Waals surface area contributed by atoms with Gasteiger partial charge in [0.1, 0.15) is 16.1 Å². The van der Waals surface area contributed by atoms with Crippen LogP contribution in [-0.2, 0) is 19.0 Å². The van der Waals surface area contributed by atoms with E-state index in [0.29, 0.717) is 20.6 Å². The molecule has 1 amide bonds. The highest BCUT2D eigenvalue weighted by atomic mass is 35.5. The summed E-state index contributed by atoms with van der Waals surface area (Å²) in [5.41, 5.74) is 0.0363. The maximum Gasteiger partial charge on any atom is 0.433 e. The van der Waals surface area contributed by atoms with Gasteiger partial charge in [0, 0.05) is 10.4 Å². The monoisotopic (exact) mass is 515 g/mol. The summed E-state index contributed by atoms with van der Waals surface area (Å²) in [4.78, 5) is 18.4. The summed E-state index contributed by atoms with van der Waals surface area (Å²) in [5.74, 6) is -0.803. The van der Waals surface area contributed by atoms with Gasteiger partial charge in [0.05, 0.1) is 11.3 Å². The number of aromatic nitrogens is 3. The highest BCUT2D eigenvalue weighted by Crippen LogP contribution is 2.38. The van der Waals surface area contributed by atoms with Crippen LogP contribution in [0, 0.1) is 11.3 Å². The molecule has 6 nitrogen and oxygen atoms in total. The first kappa shape index (κ1) is 23.3. The van der Waals surface area contributed by atoms with E-state index < -0.39 is 23.5 Å². The number of alkyl halides is 3. The Kier molecular flexibility index (Phi) is 5.99. The average molecular weight is 516 g/mol. The summed E-state index contributed by atoms with van der Waals surface area (Å²) >= 11 is 7.68. The molecule has 11 heteroatoms. The quantitative estimate of drug-likeness (QED) is 0.315. The zero-order valence-corrected chi connectivity index (χ0v) is 19.7. The van der Waals surface area contributed by atoms with Crippen molar-refractivity contribution < 1.29 is 18.0 Å². The Morgan fingerprint density at radius 2 is 1.91 bits per heavy atom. The average Bonchev–Trinajstić information content (AvgIpc) is 3.24. The molecule has 3 aromatic heterocycles. The summed E-state index contributed by atoms with van der Waals surface area (Å²) in [6, 6.07) is 11.4. The molecule has 35 heavy (non-hydrogen) atoms. The molecule has 0 atom stereocenters. The van der Waals surface area contributed by atoms with Crippen molar-refractivity contribution in [1.82, 2.24) is 14.6 Å². The van der Waals surface area contributed by atoms with Crippen molar-refractivity contribution >= 4 is 39.5 Å². The van der Waals surface area contributed by atoms with Crippen molar-refractivity contribution in [3.63, 3.8) is 0 Å². The summed E-state index contributed by atoms with van der Waals surface area (Å²) in [6.45, 7) is 0. The van der Waals surface area contributed by atoms with Gasteiger partial charge in [-0.1, -0.05) is 48.4 Å². The van der Waals surface area contributed by atoms with E-state index in [1.807, 2.05) is 0 Å². The predicted molar refractivity (Wildman–Crippen MR) is 127 cm³/mol. The van der Waals surface area contributed by atoms with Gasteiger partial charge in [0.25, 0.3) is 5.91 Å². The second-order valence-electron chi connectivity index (χ2n) is 8.12. The number of rotatable bonds is 3. The van der Waals surface area contributed by atoms with Crippen LogP contribution in [0.4, 0.5) is 18.2 Å². The minimum atomic E-state index is -4.77. The molecule has 0 fully saturated rings. The third kappa shape index (κ3) is 4.26. The minimum absolute atomic E-state index is 0.0490. The fourth-order valence-corrected chi connectivity index (χ4v) is 5.69. The highest BCUT2D eigenvalue weighted by molar-refractivity contribution is 7.16. The molecule has 0 radical (unpaired) electrons. The van der Waals surface area contributed by atoms with Crippen LogP contribution in [0.2, 0.25) is 5.02 Å². The Bertz CT molecular complexity index is 1490. The fourth-order valence-electron chi connectivity index (χ4n) is 4.21. The summed E-state index contributed by atoms with van der Waals surface area (Å²) in [7, 11) is 0. The Hall–Kier alpha value is -3.42. The molecule has 1 aromatic carbocycles. The molecule has 1 N–H and O–H groups in total. The van der Waals surface area contributed by atoms with Crippen molar-refractivity contribution in [2.45, 2.75) is 38.3 Å². The van der Waals surface area contributed by atoms with E-state index in [2.05, 4.69) is 21.5 Å². The zero-order valence-electron chi connectivity index (χ0n) is 18.1. The molecule has 0 saturated carbocycles. The van der Waals surface area contributed by atoms with Crippen LogP contribution in [0.3, 0.4) is 0 Å². The van der Waals surface area contributed by atoms with E-state index in [4.69, 9.17) is 11.6 Å². The minimum Gasteiger partial charge on any atom is -0.311 e. The van der Waals surface area contributed by atoms with Crippen molar-refractivity contribution in [2.75, 3.05) is 5.32 Å². The van der Waals surface area contributed by atoms with Crippen LogP contribution < -0.4 is 5.32 Å². The Morgan fingerprint density at radius 1 is 1.17 bits per heavy atom. The number of nitrogens with zero attached hydrogens (tertiary/aromatic N) is 4. The standard InChI is InChI=1S/C24H17ClF3N5OS/c25-19-20(22(34)31-23-15(12-29)14-9-5-2-6-10-17(14)35-23)32-33-18(24(26,27)28)11-16(30-21(19)33)13-7-3-1-4-8-13/h1,3-4,7-8,11H,2,5-6,9-10H2,(H,31,34). The van der Waals surface area contributed by atoms with Gasteiger partial charge >= 0.3 is 6.18 Å². The number of benzene rings is 1. The molecule has 0 aliphatic heterocycles. The van der Waals surface area contributed by atoms with Gasteiger partial charge in [-0.05, 0) is 37.3 Å². The number of aryl methyl sites for hydroxylation is 1. The third-order valence-electron chi connectivity index (χ3n) is 5.87. The maximum atomic E-state index is 13.9. The van der Waals surface area contributed by atoms with E-state index in [9.17, 15) is 23.2 Å². The molecule has 3 heterocycles. The van der Waals surface area contributed by atoms with E-state index >= 15 is 0 Å². The number of thiophene rings is 1. The molecular formula is C24H17ClF3N5OS. The smallest absolute Gasteiger partial charge is 0.311 e. The van der Waals surface area contributed by atoms with Crippen LogP contribution in [0.25, 0.3) is 16.9 Å². The van der Waals surface area contributed by atoms with Gasteiger partial charge in [-0.15, -0.1) is 11.3 Å². The topological polar surface area (TPSA) is 83.1 Å². The van der Waals surface area contributed by atoms with Crippen molar-refractivity contribution in [3.8, 4) is 17.3 Å². The molecule has 4 aromatic rings. The van der Waals surface area contributed by atoms with E-state index in [1.54, 1.807) is 30.3 Å².